The number of nitriles is 1. The van der Waals surface area contributed by atoms with Crippen molar-refractivity contribution in [3.05, 3.63) is 29.3 Å². The van der Waals surface area contributed by atoms with E-state index in [4.69, 9.17) is 10.00 Å². The molecule has 12 heteroatoms. The number of nitrogens with one attached hydrogen (secondary N) is 2. The van der Waals surface area contributed by atoms with Crippen LogP contribution >= 0.6 is 0 Å². The number of alkyl halides is 6. The lowest BCUT2D eigenvalue weighted by atomic mass is 10.1. The molecule has 2 aliphatic heterocycles. The van der Waals surface area contributed by atoms with Crippen LogP contribution in [0.15, 0.2) is 18.2 Å². The third kappa shape index (κ3) is 4.79. The zero-order valence-electron chi connectivity index (χ0n) is 15.5. The zero-order chi connectivity index (χ0) is 22.1. The number of nitrogens with zero attached hydrogens (tertiary/aromatic N) is 2. The van der Waals surface area contributed by atoms with Gasteiger partial charge in [-0.05, 0) is 44.1 Å². The van der Waals surface area contributed by atoms with Gasteiger partial charge in [-0.15, -0.1) is 0 Å². The van der Waals surface area contributed by atoms with E-state index >= 15 is 0 Å². The van der Waals surface area contributed by atoms with Crippen molar-refractivity contribution in [2.45, 2.75) is 43.6 Å². The highest BCUT2D eigenvalue weighted by Crippen LogP contribution is 2.39. The topological polar surface area (TPSA) is 77.4 Å². The molecular weight excluding hydrogens is 418 g/mol. The number of amides is 1. The lowest BCUT2D eigenvalue weighted by molar-refractivity contribution is -0.213. The molecule has 2 atom stereocenters. The summed E-state index contributed by atoms with van der Waals surface area (Å²) in [5.74, 6) is -0.747. The first kappa shape index (κ1) is 22.2. The maximum atomic E-state index is 13.5. The van der Waals surface area contributed by atoms with Gasteiger partial charge in [0.2, 0.25) is 6.23 Å². The Balaban J connectivity index is 1.85. The number of carbonyl (C=O) groups is 1. The van der Waals surface area contributed by atoms with Crippen LogP contribution in [0.25, 0.3) is 0 Å². The van der Waals surface area contributed by atoms with Gasteiger partial charge in [-0.1, -0.05) is 0 Å². The van der Waals surface area contributed by atoms with Gasteiger partial charge in [-0.3, -0.25) is 4.79 Å². The summed E-state index contributed by atoms with van der Waals surface area (Å²) in [6.07, 6.45) is -12.8. The number of hydrogen-bond acceptors (Lipinski definition) is 5. The number of anilines is 1. The number of carbonyl (C=O) groups excluding carboxylic acids is 1. The van der Waals surface area contributed by atoms with E-state index in [9.17, 15) is 31.1 Å². The number of benzene rings is 1. The van der Waals surface area contributed by atoms with Gasteiger partial charge in [-0.2, -0.15) is 31.6 Å². The molecule has 1 amide bonds. The molecule has 2 N–H and O–H groups in total. The van der Waals surface area contributed by atoms with Crippen LogP contribution in [-0.2, 0) is 15.7 Å². The summed E-state index contributed by atoms with van der Waals surface area (Å²) in [7, 11) is 0. The number of ether oxygens (including phenoxy) is 1. The van der Waals surface area contributed by atoms with E-state index in [1.807, 2.05) is 0 Å². The van der Waals surface area contributed by atoms with Gasteiger partial charge >= 0.3 is 12.4 Å². The minimum atomic E-state index is -4.95. The molecule has 2 saturated heterocycles. The maximum absolute atomic E-state index is 13.5. The first-order valence-corrected chi connectivity index (χ1v) is 9.12. The number of rotatable bonds is 3. The molecule has 0 aromatic heterocycles. The summed E-state index contributed by atoms with van der Waals surface area (Å²) in [5.41, 5.74) is -2.51. The Morgan fingerprint density at radius 3 is 2.43 bits per heavy atom. The monoisotopic (exact) mass is 436 g/mol. The molecule has 2 unspecified atom stereocenters. The Bertz CT molecular complexity index is 829. The highest BCUT2D eigenvalue weighted by molar-refractivity contribution is 5.82. The Morgan fingerprint density at radius 1 is 1.20 bits per heavy atom. The SMILES string of the molecule is N#Cc1ccc(N2CC(C(=O)NC3CCNCC3)OC2C(F)(F)F)cc1C(F)(F)F. The Morgan fingerprint density at radius 2 is 1.87 bits per heavy atom. The summed E-state index contributed by atoms with van der Waals surface area (Å²) in [6.45, 7) is 0.725. The van der Waals surface area contributed by atoms with E-state index in [1.165, 1.54) is 6.07 Å². The number of piperidine rings is 1. The Kier molecular flexibility index (Phi) is 6.14. The maximum Gasteiger partial charge on any atom is 0.433 e. The van der Waals surface area contributed by atoms with Crippen LogP contribution in [0.1, 0.15) is 24.0 Å². The predicted molar refractivity (Wildman–Crippen MR) is 92.3 cm³/mol. The van der Waals surface area contributed by atoms with Gasteiger partial charge in [0.25, 0.3) is 5.91 Å². The van der Waals surface area contributed by atoms with Crippen molar-refractivity contribution < 1.29 is 35.9 Å². The highest BCUT2D eigenvalue weighted by atomic mass is 19.4. The van der Waals surface area contributed by atoms with Crippen LogP contribution in [0.2, 0.25) is 0 Å². The molecule has 2 aliphatic rings. The molecule has 2 fully saturated rings. The van der Waals surface area contributed by atoms with E-state index in [0.717, 1.165) is 12.1 Å². The molecular formula is C18H18F6N4O2. The van der Waals surface area contributed by atoms with Crippen molar-refractivity contribution in [1.29, 1.82) is 5.26 Å². The molecule has 164 valence electrons. The van der Waals surface area contributed by atoms with Crippen LogP contribution in [0.4, 0.5) is 32.0 Å². The lowest BCUT2D eigenvalue weighted by Gasteiger charge is -2.27. The molecule has 2 heterocycles. The summed E-state index contributed by atoms with van der Waals surface area (Å²) in [5, 5.41) is 14.6. The largest absolute Gasteiger partial charge is 0.433 e. The summed E-state index contributed by atoms with van der Waals surface area (Å²) in [6, 6.07) is 3.40. The van der Waals surface area contributed by atoms with Gasteiger partial charge in [0.1, 0.15) is 0 Å². The Hall–Kier alpha value is -2.52. The molecule has 6 nitrogen and oxygen atoms in total. The zero-order valence-corrected chi connectivity index (χ0v) is 15.5. The second-order valence-corrected chi connectivity index (χ2v) is 7.04. The van der Waals surface area contributed by atoms with Crippen molar-refractivity contribution in [2.75, 3.05) is 24.5 Å². The summed E-state index contributed by atoms with van der Waals surface area (Å²) >= 11 is 0. The third-order valence-electron chi connectivity index (χ3n) is 4.96. The van der Waals surface area contributed by atoms with Crippen molar-refractivity contribution in [3.63, 3.8) is 0 Å². The van der Waals surface area contributed by atoms with Crippen molar-refractivity contribution in [3.8, 4) is 6.07 Å². The molecule has 0 bridgehead atoms. The first-order valence-electron chi connectivity index (χ1n) is 9.12. The van der Waals surface area contributed by atoms with Crippen molar-refractivity contribution >= 4 is 11.6 Å². The smallest absolute Gasteiger partial charge is 0.351 e. The molecule has 0 saturated carbocycles. The van der Waals surface area contributed by atoms with Crippen LogP contribution in [0.3, 0.4) is 0 Å². The second kappa shape index (κ2) is 8.31. The van der Waals surface area contributed by atoms with Crippen molar-refractivity contribution in [2.24, 2.45) is 0 Å². The van der Waals surface area contributed by atoms with Crippen LogP contribution in [0, 0.1) is 11.3 Å². The predicted octanol–water partition coefficient (Wildman–Crippen LogP) is 2.54. The van der Waals surface area contributed by atoms with Gasteiger partial charge in [-0.25, -0.2) is 0 Å². The first-order chi connectivity index (χ1) is 14.0. The van der Waals surface area contributed by atoms with E-state index in [1.54, 1.807) is 0 Å². The lowest BCUT2D eigenvalue weighted by Crippen LogP contribution is -2.47. The van der Waals surface area contributed by atoms with E-state index in [2.05, 4.69) is 10.6 Å². The molecule has 0 radical (unpaired) electrons. The second-order valence-electron chi connectivity index (χ2n) is 7.04. The minimum absolute atomic E-state index is 0.215. The summed E-state index contributed by atoms with van der Waals surface area (Å²) in [4.78, 5) is 13.0. The van der Waals surface area contributed by atoms with Gasteiger partial charge < -0.3 is 20.3 Å². The fourth-order valence-corrected chi connectivity index (χ4v) is 3.49. The van der Waals surface area contributed by atoms with Crippen LogP contribution < -0.4 is 15.5 Å². The highest BCUT2D eigenvalue weighted by Gasteiger charge is 2.52. The number of hydrogen-bond donors (Lipinski definition) is 2. The number of halogens is 6. The van der Waals surface area contributed by atoms with Crippen LogP contribution in [-0.4, -0.2) is 50.1 Å². The van der Waals surface area contributed by atoms with Gasteiger partial charge in [0, 0.05) is 11.7 Å². The molecule has 3 rings (SSSR count). The molecule has 0 aliphatic carbocycles. The van der Waals surface area contributed by atoms with Gasteiger partial charge in [0.15, 0.2) is 6.10 Å². The normalized spacial score (nSPS) is 23.3. The molecule has 1 aromatic carbocycles. The molecule has 1 aromatic rings. The molecule has 30 heavy (non-hydrogen) atoms. The van der Waals surface area contributed by atoms with E-state index < -0.39 is 54.0 Å². The van der Waals surface area contributed by atoms with E-state index in [-0.39, 0.29) is 6.04 Å². The Labute approximate surface area is 167 Å². The van der Waals surface area contributed by atoms with Crippen molar-refractivity contribution in [1.82, 2.24) is 10.6 Å². The standard InChI is InChI=1S/C18H18F6N4O2/c19-17(20,21)13-7-12(2-1-10(13)8-25)28-9-14(30-16(28)18(22,23)24)15(29)27-11-3-5-26-6-4-11/h1-2,7,11,14,16,26H,3-6,9H2,(H,27,29). The third-order valence-corrected chi connectivity index (χ3v) is 4.96. The molecule has 0 spiro atoms. The van der Waals surface area contributed by atoms with Gasteiger partial charge in [0.05, 0.1) is 23.7 Å². The summed E-state index contributed by atoms with van der Waals surface area (Å²) < 4.78 is 85.0. The quantitative estimate of drug-likeness (QED) is 0.713. The average molecular weight is 436 g/mol. The average Bonchev–Trinajstić information content (AvgIpc) is 3.14. The minimum Gasteiger partial charge on any atom is -0.351 e. The fourth-order valence-electron chi connectivity index (χ4n) is 3.49. The van der Waals surface area contributed by atoms with Crippen LogP contribution in [0.5, 0.6) is 0 Å². The fraction of sp³-hybridized carbons (Fsp3) is 0.556. The van der Waals surface area contributed by atoms with E-state index in [0.29, 0.717) is 36.9 Å².